The van der Waals surface area contributed by atoms with Crippen LogP contribution in [-0.4, -0.2) is 22.4 Å². The smallest absolute Gasteiger partial charge is 0.227 e. The van der Waals surface area contributed by atoms with Gasteiger partial charge in [0.2, 0.25) is 5.91 Å². The predicted molar refractivity (Wildman–Crippen MR) is 80.4 cm³/mol. The Kier molecular flexibility index (Phi) is 3.69. The predicted octanol–water partition coefficient (Wildman–Crippen LogP) is 3.32. The molecule has 1 N–H and O–H groups in total. The molecule has 3 rings (SSSR count). The zero-order valence-electron chi connectivity index (χ0n) is 10.6. The van der Waals surface area contributed by atoms with E-state index < -0.39 is 0 Å². The number of para-hydroxylation sites is 1. The van der Waals surface area contributed by atoms with E-state index in [9.17, 15) is 4.79 Å². The molecule has 3 nitrogen and oxygen atoms in total. The van der Waals surface area contributed by atoms with Crippen molar-refractivity contribution in [1.82, 2.24) is 4.98 Å². The molecule has 0 radical (unpaired) electrons. The molecule has 1 amide bonds. The first-order chi connectivity index (χ1) is 9.34. The van der Waals surface area contributed by atoms with Gasteiger partial charge in [0.1, 0.15) is 0 Å². The second-order valence-corrected chi connectivity index (χ2v) is 5.98. The molecule has 1 fully saturated rings. The number of carbonyl (C=O) groups is 1. The topological polar surface area (TPSA) is 42.0 Å². The minimum absolute atomic E-state index is 0.137. The van der Waals surface area contributed by atoms with E-state index in [-0.39, 0.29) is 11.8 Å². The molecule has 2 heterocycles. The van der Waals surface area contributed by atoms with E-state index in [0.29, 0.717) is 0 Å². The fraction of sp³-hybridized carbons (Fsp3) is 0.333. The number of hydrogen-bond acceptors (Lipinski definition) is 3. The highest BCUT2D eigenvalue weighted by molar-refractivity contribution is 7.99. The Morgan fingerprint density at radius 2 is 2.00 bits per heavy atom. The number of hydrogen-bond donors (Lipinski definition) is 1. The van der Waals surface area contributed by atoms with Crippen LogP contribution >= 0.6 is 11.8 Å². The first-order valence-electron chi connectivity index (χ1n) is 6.57. The maximum absolute atomic E-state index is 12.3. The van der Waals surface area contributed by atoms with Gasteiger partial charge in [-0.15, -0.1) is 0 Å². The van der Waals surface area contributed by atoms with Crippen molar-refractivity contribution in [3.63, 3.8) is 0 Å². The van der Waals surface area contributed by atoms with Crippen molar-refractivity contribution in [2.45, 2.75) is 12.8 Å². The Morgan fingerprint density at radius 3 is 2.84 bits per heavy atom. The third-order valence-corrected chi connectivity index (χ3v) is 4.53. The first-order valence-corrected chi connectivity index (χ1v) is 7.72. The number of thioether (sulfide) groups is 1. The van der Waals surface area contributed by atoms with Gasteiger partial charge >= 0.3 is 0 Å². The molecule has 0 atom stereocenters. The van der Waals surface area contributed by atoms with Crippen LogP contribution in [0.2, 0.25) is 0 Å². The lowest BCUT2D eigenvalue weighted by Gasteiger charge is -2.20. The fourth-order valence-electron chi connectivity index (χ4n) is 2.40. The SMILES string of the molecule is O=C(Nc1cccc2cccnc12)C1CCSCC1. The molecule has 19 heavy (non-hydrogen) atoms. The number of nitrogens with zero attached hydrogens (tertiary/aromatic N) is 1. The van der Waals surface area contributed by atoms with E-state index in [1.807, 2.05) is 42.1 Å². The summed E-state index contributed by atoms with van der Waals surface area (Å²) in [5.41, 5.74) is 1.69. The van der Waals surface area contributed by atoms with Crippen LogP contribution < -0.4 is 5.32 Å². The molecular formula is C15H16N2OS. The maximum Gasteiger partial charge on any atom is 0.227 e. The second-order valence-electron chi connectivity index (χ2n) is 4.76. The number of nitrogens with one attached hydrogen (secondary N) is 1. The molecule has 1 saturated heterocycles. The molecule has 2 aromatic rings. The van der Waals surface area contributed by atoms with Gasteiger partial charge in [-0.3, -0.25) is 9.78 Å². The molecule has 4 heteroatoms. The van der Waals surface area contributed by atoms with Crippen molar-refractivity contribution in [2.75, 3.05) is 16.8 Å². The number of rotatable bonds is 2. The van der Waals surface area contributed by atoms with Gasteiger partial charge in [-0.2, -0.15) is 11.8 Å². The van der Waals surface area contributed by atoms with E-state index in [4.69, 9.17) is 0 Å². The summed E-state index contributed by atoms with van der Waals surface area (Å²) in [6.45, 7) is 0. The Labute approximate surface area is 116 Å². The van der Waals surface area contributed by atoms with Gasteiger partial charge in [-0.05, 0) is 36.5 Å². The Hall–Kier alpha value is -1.55. The zero-order chi connectivity index (χ0) is 13.1. The molecule has 1 aromatic carbocycles. The van der Waals surface area contributed by atoms with Crippen LogP contribution in [0.4, 0.5) is 5.69 Å². The maximum atomic E-state index is 12.3. The molecule has 0 saturated carbocycles. The summed E-state index contributed by atoms with van der Waals surface area (Å²) in [5.74, 6) is 2.47. The van der Waals surface area contributed by atoms with Crippen molar-refractivity contribution < 1.29 is 4.79 Å². The number of pyridine rings is 1. The fourth-order valence-corrected chi connectivity index (χ4v) is 3.51. The molecule has 1 aliphatic rings. The molecule has 0 spiro atoms. The minimum Gasteiger partial charge on any atom is -0.324 e. The Morgan fingerprint density at radius 1 is 1.21 bits per heavy atom. The monoisotopic (exact) mass is 272 g/mol. The highest BCUT2D eigenvalue weighted by atomic mass is 32.2. The average Bonchev–Trinajstić information content (AvgIpc) is 2.48. The largest absolute Gasteiger partial charge is 0.324 e. The Bertz CT molecular complexity index is 588. The van der Waals surface area contributed by atoms with Crippen molar-refractivity contribution in [3.8, 4) is 0 Å². The molecular weight excluding hydrogens is 256 g/mol. The van der Waals surface area contributed by atoms with Gasteiger partial charge in [0, 0.05) is 17.5 Å². The van der Waals surface area contributed by atoms with Crippen LogP contribution in [0.3, 0.4) is 0 Å². The third-order valence-electron chi connectivity index (χ3n) is 3.48. The lowest BCUT2D eigenvalue weighted by molar-refractivity contribution is -0.120. The van der Waals surface area contributed by atoms with Gasteiger partial charge in [0.05, 0.1) is 11.2 Å². The summed E-state index contributed by atoms with van der Waals surface area (Å²) in [5, 5.41) is 4.10. The van der Waals surface area contributed by atoms with Crippen LogP contribution in [0.5, 0.6) is 0 Å². The summed E-state index contributed by atoms with van der Waals surface area (Å²) in [4.78, 5) is 16.6. The lowest BCUT2D eigenvalue weighted by atomic mass is 10.0. The van der Waals surface area contributed by atoms with Gasteiger partial charge in [-0.1, -0.05) is 18.2 Å². The standard InChI is InChI=1S/C15H16N2OS/c18-15(12-6-9-19-10-7-12)17-13-5-1-3-11-4-2-8-16-14(11)13/h1-5,8,12H,6-7,9-10H2,(H,17,18). The number of fused-ring (bicyclic) bond motifs is 1. The third kappa shape index (κ3) is 2.73. The van der Waals surface area contributed by atoms with Gasteiger partial charge < -0.3 is 5.32 Å². The van der Waals surface area contributed by atoms with Gasteiger partial charge in [-0.25, -0.2) is 0 Å². The van der Waals surface area contributed by atoms with Crippen molar-refractivity contribution in [1.29, 1.82) is 0 Å². The van der Waals surface area contributed by atoms with Crippen LogP contribution in [0.25, 0.3) is 10.9 Å². The normalized spacial score (nSPS) is 16.4. The number of carbonyl (C=O) groups excluding carboxylic acids is 1. The first kappa shape index (κ1) is 12.5. The molecule has 98 valence electrons. The summed E-state index contributed by atoms with van der Waals surface area (Å²) in [6, 6.07) is 9.80. The van der Waals surface area contributed by atoms with Crippen molar-refractivity contribution in [3.05, 3.63) is 36.5 Å². The highest BCUT2D eigenvalue weighted by Gasteiger charge is 2.21. The van der Waals surface area contributed by atoms with Crippen molar-refractivity contribution >= 4 is 34.3 Å². The van der Waals surface area contributed by atoms with Crippen molar-refractivity contribution in [2.24, 2.45) is 5.92 Å². The van der Waals surface area contributed by atoms with E-state index in [0.717, 1.165) is 40.9 Å². The molecule has 0 unspecified atom stereocenters. The van der Waals surface area contributed by atoms with E-state index in [1.54, 1.807) is 6.20 Å². The Balaban J connectivity index is 1.82. The molecule has 0 bridgehead atoms. The number of benzene rings is 1. The number of anilines is 1. The second kappa shape index (κ2) is 5.61. The number of aromatic nitrogens is 1. The number of amides is 1. The average molecular weight is 272 g/mol. The molecule has 1 aromatic heterocycles. The lowest BCUT2D eigenvalue weighted by Crippen LogP contribution is -2.26. The van der Waals surface area contributed by atoms with E-state index in [1.165, 1.54) is 0 Å². The summed E-state index contributed by atoms with van der Waals surface area (Å²) in [7, 11) is 0. The van der Waals surface area contributed by atoms with E-state index >= 15 is 0 Å². The quantitative estimate of drug-likeness (QED) is 0.912. The van der Waals surface area contributed by atoms with Gasteiger partial charge in [0.25, 0.3) is 0 Å². The zero-order valence-corrected chi connectivity index (χ0v) is 11.5. The van der Waals surface area contributed by atoms with Crippen LogP contribution in [0.1, 0.15) is 12.8 Å². The van der Waals surface area contributed by atoms with Crippen LogP contribution in [0.15, 0.2) is 36.5 Å². The summed E-state index contributed by atoms with van der Waals surface area (Å²) >= 11 is 1.93. The summed E-state index contributed by atoms with van der Waals surface area (Å²) in [6.07, 6.45) is 3.72. The highest BCUT2D eigenvalue weighted by Crippen LogP contribution is 2.26. The van der Waals surface area contributed by atoms with Crippen LogP contribution in [-0.2, 0) is 4.79 Å². The molecule has 1 aliphatic heterocycles. The van der Waals surface area contributed by atoms with E-state index in [2.05, 4.69) is 10.3 Å². The van der Waals surface area contributed by atoms with Gasteiger partial charge in [0.15, 0.2) is 0 Å². The van der Waals surface area contributed by atoms with Crippen LogP contribution in [0, 0.1) is 5.92 Å². The minimum atomic E-state index is 0.137. The summed E-state index contributed by atoms with van der Waals surface area (Å²) < 4.78 is 0. The molecule has 0 aliphatic carbocycles.